The Morgan fingerprint density at radius 3 is 2.17 bits per heavy atom. The van der Waals surface area contributed by atoms with Gasteiger partial charge in [0.2, 0.25) is 21.8 Å². The van der Waals surface area contributed by atoms with Crippen molar-refractivity contribution >= 4 is 27.5 Å². The Hall–Kier alpha value is -3.07. The Kier molecular flexibility index (Phi) is 10.1. The number of likely N-dealkylation sites (N-methyl/N-ethyl adjacent to an activating group) is 1. The van der Waals surface area contributed by atoms with Crippen LogP contribution in [0.15, 0.2) is 48.5 Å². The van der Waals surface area contributed by atoms with Crippen molar-refractivity contribution in [2.45, 2.75) is 52.6 Å². The molecule has 0 aromatic heterocycles. The number of nitrogens with zero attached hydrogens (tertiary/aromatic N) is 2. The van der Waals surface area contributed by atoms with E-state index >= 15 is 0 Å². The van der Waals surface area contributed by atoms with Crippen molar-refractivity contribution in [3.8, 4) is 5.75 Å². The number of hydrogen-bond donors (Lipinski definition) is 1. The summed E-state index contributed by atoms with van der Waals surface area (Å²) in [6, 6.07) is 13.6. The smallest absolute Gasteiger partial charge is 0.244 e. The number of para-hydroxylation sites is 1. The van der Waals surface area contributed by atoms with Crippen LogP contribution >= 0.6 is 0 Å². The topological polar surface area (TPSA) is 96.0 Å². The van der Waals surface area contributed by atoms with E-state index in [0.29, 0.717) is 24.4 Å². The number of anilines is 1. The lowest BCUT2D eigenvalue weighted by molar-refractivity contribution is -0.140. The van der Waals surface area contributed by atoms with Gasteiger partial charge in [-0.15, -0.1) is 0 Å². The Balaban J connectivity index is 2.48. The predicted octanol–water partition coefficient (Wildman–Crippen LogP) is 3.53. The van der Waals surface area contributed by atoms with Gasteiger partial charge in [0.1, 0.15) is 18.3 Å². The van der Waals surface area contributed by atoms with Gasteiger partial charge in [0.25, 0.3) is 0 Å². The molecule has 0 saturated carbocycles. The van der Waals surface area contributed by atoms with E-state index < -0.39 is 28.5 Å². The largest absolute Gasteiger partial charge is 0.497 e. The van der Waals surface area contributed by atoms with Crippen LogP contribution in [0.2, 0.25) is 0 Å². The number of methoxy groups -OCH3 is 1. The highest BCUT2D eigenvalue weighted by atomic mass is 32.2. The summed E-state index contributed by atoms with van der Waals surface area (Å²) in [5.41, 5.74) is 2.09. The van der Waals surface area contributed by atoms with E-state index in [1.807, 2.05) is 52.0 Å². The summed E-state index contributed by atoms with van der Waals surface area (Å²) in [6.07, 6.45) is 1.47. The molecule has 0 radical (unpaired) electrons. The van der Waals surface area contributed by atoms with Gasteiger partial charge in [0.05, 0.1) is 19.1 Å². The summed E-state index contributed by atoms with van der Waals surface area (Å²) < 4.78 is 32.0. The maximum absolute atomic E-state index is 13.7. The lowest BCUT2D eigenvalue weighted by atomic mass is 10.0. The standard InChI is InChI=1S/C26H37N3O5S/c1-7-23(26(31)27-8-2)28(17-20-13-15-21(34-5)16-14-20)25(30)18-29(35(6,32)33)24-12-10-9-11-22(24)19(3)4/h9-16,19,23H,7-8,17-18H2,1-6H3,(H,27,31)/t23-/m1/s1. The molecular weight excluding hydrogens is 466 g/mol. The molecule has 2 amide bonds. The van der Waals surface area contributed by atoms with Crippen LogP contribution in [0.5, 0.6) is 5.75 Å². The Labute approximate surface area is 209 Å². The van der Waals surface area contributed by atoms with Crippen molar-refractivity contribution in [3.63, 3.8) is 0 Å². The van der Waals surface area contributed by atoms with Gasteiger partial charge in [-0.1, -0.05) is 51.1 Å². The average molecular weight is 504 g/mol. The van der Waals surface area contributed by atoms with Gasteiger partial charge in [0, 0.05) is 13.1 Å². The highest BCUT2D eigenvalue weighted by Gasteiger charge is 2.32. The SMILES string of the molecule is CCNC(=O)[C@@H](CC)N(Cc1ccc(OC)cc1)C(=O)CN(c1ccccc1C(C)C)S(C)(=O)=O. The van der Waals surface area contributed by atoms with Crippen LogP contribution in [0.1, 0.15) is 51.2 Å². The first-order chi connectivity index (χ1) is 16.5. The second-order valence-electron chi connectivity index (χ2n) is 8.67. The molecule has 8 nitrogen and oxygen atoms in total. The first kappa shape index (κ1) is 28.2. The van der Waals surface area contributed by atoms with E-state index in [1.165, 1.54) is 4.90 Å². The molecule has 0 spiro atoms. The summed E-state index contributed by atoms with van der Waals surface area (Å²) in [5, 5.41) is 2.79. The normalized spacial score (nSPS) is 12.2. The number of rotatable bonds is 12. The molecule has 2 aromatic rings. The molecule has 0 aliphatic rings. The third-order valence-electron chi connectivity index (χ3n) is 5.76. The van der Waals surface area contributed by atoms with E-state index in [1.54, 1.807) is 31.4 Å². The molecule has 35 heavy (non-hydrogen) atoms. The fraction of sp³-hybridized carbons (Fsp3) is 0.462. The maximum atomic E-state index is 13.7. The van der Waals surface area contributed by atoms with Crippen LogP contribution in [0.4, 0.5) is 5.69 Å². The summed E-state index contributed by atoms with van der Waals surface area (Å²) in [6.45, 7) is 7.76. The van der Waals surface area contributed by atoms with Crippen LogP contribution in [-0.2, 0) is 26.2 Å². The molecule has 0 fully saturated rings. The zero-order chi connectivity index (χ0) is 26.2. The molecule has 1 atom stereocenters. The summed E-state index contributed by atoms with van der Waals surface area (Å²) in [5.74, 6) is 0.00358. The molecule has 0 bridgehead atoms. The van der Waals surface area contributed by atoms with E-state index in [-0.39, 0.29) is 18.4 Å². The number of hydrogen-bond acceptors (Lipinski definition) is 5. The van der Waals surface area contributed by atoms with Crippen LogP contribution in [-0.4, -0.2) is 57.6 Å². The van der Waals surface area contributed by atoms with Gasteiger partial charge in [-0.05, 0) is 48.6 Å². The first-order valence-corrected chi connectivity index (χ1v) is 13.6. The number of benzene rings is 2. The number of sulfonamides is 1. The molecule has 0 unspecified atom stereocenters. The van der Waals surface area contributed by atoms with E-state index in [2.05, 4.69) is 5.32 Å². The molecule has 0 saturated heterocycles. The van der Waals surface area contributed by atoms with Crippen LogP contribution in [0.25, 0.3) is 0 Å². The zero-order valence-electron chi connectivity index (χ0n) is 21.4. The van der Waals surface area contributed by atoms with Gasteiger partial charge < -0.3 is 15.0 Å². The van der Waals surface area contributed by atoms with Crippen molar-refractivity contribution in [1.82, 2.24) is 10.2 Å². The van der Waals surface area contributed by atoms with E-state index in [0.717, 1.165) is 21.7 Å². The van der Waals surface area contributed by atoms with Crippen molar-refractivity contribution < 1.29 is 22.7 Å². The quantitative estimate of drug-likeness (QED) is 0.478. The Bertz CT molecular complexity index is 1100. The number of ether oxygens (including phenoxy) is 1. The monoisotopic (exact) mass is 503 g/mol. The lowest BCUT2D eigenvalue weighted by Crippen LogP contribution is -2.52. The summed E-state index contributed by atoms with van der Waals surface area (Å²) in [4.78, 5) is 28.0. The molecule has 0 heterocycles. The second kappa shape index (κ2) is 12.6. The van der Waals surface area contributed by atoms with Crippen molar-refractivity contribution in [2.24, 2.45) is 0 Å². The molecule has 192 valence electrons. The Morgan fingerprint density at radius 2 is 1.66 bits per heavy atom. The number of carbonyl (C=O) groups excluding carboxylic acids is 2. The van der Waals surface area contributed by atoms with Crippen LogP contribution < -0.4 is 14.4 Å². The highest BCUT2D eigenvalue weighted by Crippen LogP contribution is 2.29. The number of amides is 2. The molecule has 0 aliphatic heterocycles. The van der Waals surface area contributed by atoms with Crippen molar-refractivity contribution in [2.75, 3.05) is 30.8 Å². The molecule has 1 N–H and O–H groups in total. The molecule has 2 aromatic carbocycles. The predicted molar refractivity (Wildman–Crippen MR) is 139 cm³/mol. The fourth-order valence-corrected chi connectivity index (χ4v) is 4.81. The highest BCUT2D eigenvalue weighted by molar-refractivity contribution is 7.92. The zero-order valence-corrected chi connectivity index (χ0v) is 22.3. The van der Waals surface area contributed by atoms with Crippen LogP contribution in [0, 0.1) is 0 Å². The van der Waals surface area contributed by atoms with E-state index in [4.69, 9.17) is 4.74 Å². The van der Waals surface area contributed by atoms with Crippen molar-refractivity contribution in [1.29, 1.82) is 0 Å². The molecule has 0 aliphatic carbocycles. The summed E-state index contributed by atoms with van der Waals surface area (Å²) in [7, 11) is -2.21. The van der Waals surface area contributed by atoms with E-state index in [9.17, 15) is 18.0 Å². The molecular formula is C26H37N3O5S. The van der Waals surface area contributed by atoms with Gasteiger partial charge in [-0.2, -0.15) is 0 Å². The average Bonchev–Trinajstić information content (AvgIpc) is 2.82. The number of nitrogens with one attached hydrogen (secondary N) is 1. The second-order valence-corrected chi connectivity index (χ2v) is 10.6. The summed E-state index contributed by atoms with van der Waals surface area (Å²) >= 11 is 0. The minimum absolute atomic E-state index is 0.0553. The van der Waals surface area contributed by atoms with Gasteiger partial charge in [-0.3, -0.25) is 13.9 Å². The maximum Gasteiger partial charge on any atom is 0.244 e. The van der Waals surface area contributed by atoms with Crippen molar-refractivity contribution in [3.05, 3.63) is 59.7 Å². The minimum atomic E-state index is -3.78. The van der Waals surface area contributed by atoms with Gasteiger partial charge >= 0.3 is 0 Å². The van der Waals surface area contributed by atoms with Gasteiger partial charge in [0.15, 0.2) is 0 Å². The van der Waals surface area contributed by atoms with Gasteiger partial charge in [-0.25, -0.2) is 8.42 Å². The molecule has 9 heteroatoms. The van der Waals surface area contributed by atoms with Crippen LogP contribution in [0.3, 0.4) is 0 Å². The first-order valence-electron chi connectivity index (χ1n) is 11.8. The lowest BCUT2D eigenvalue weighted by Gasteiger charge is -2.33. The third-order valence-corrected chi connectivity index (χ3v) is 6.88. The fourth-order valence-electron chi connectivity index (χ4n) is 3.94. The Morgan fingerprint density at radius 1 is 1.03 bits per heavy atom. The molecule has 2 rings (SSSR count). The minimum Gasteiger partial charge on any atom is -0.497 e. The number of carbonyl (C=O) groups is 2. The third kappa shape index (κ3) is 7.45.